The first-order valence-corrected chi connectivity index (χ1v) is 7.08. The summed E-state index contributed by atoms with van der Waals surface area (Å²) in [6.07, 6.45) is 11.8. The number of piperidine rings is 3. The minimum absolute atomic E-state index is 0.224. The van der Waals surface area contributed by atoms with Gasteiger partial charge in [0.25, 0.3) is 0 Å². The molecule has 96 valence electrons. The van der Waals surface area contributed by atoms with Crippen LogP contribution in [0.25, 0.3) is 0 Å². The van der Waals surface area contributed by atoms with Crippen molar-refractivity contribution >= 4 is 0 Å². The molecule has 1 unspecified atom stereocenters. The van der Waals surface area contributed by atoms with Crippen molar-refractivity contribution in [3.05, 3.63) is 35.9 Å². The van der Waals surface area contributed by atoms with Crippen LogP contribution in [0.2, 0.25) is 0 Å². The fraction of sp³-hybridized carbons (Fsp3) is 0.600. The summed E-state index contributed by atoms with van der Waals surface area (Å²) in [5.74, 6) is 1.92. The quantitative estimate of drug-likeness (QED) is 0.702. The van der Waals surface area contributed by atoms with E-state index < -0.39 is 0 Å². The Morgan fingerprint density at radius 1 is 1.28 bits per heavy atom. The Kier molecular flexibility index (Phi) is 2.31. The zero-order chi connectivity index (χ0) is 12.1. The molecule has 0 saturated carbocycles. The predicted octanol–water partition coefficient (Wildman–Crippen LogP) is 2.10. The van der Waals surface area contributed by atoms with E-state index in [0.717, 1.165) is 11.7 Å². The molecule has 0 radical (unpaired) electrons. The minimum Gasteiger partial charge on any atom is -0.484 e. The Morgan fingerprint density at radius 2 is 2.11 bits per heavy atom. The lowest BCUT2D eigenvalue weighted by molar-refractivity contribution is 0.0393. The van der Waals surface area contributed by atoms with Gasteiger partial charge in [-0.05, 0) is 50.9 Å². The average Bonchev–Trinajstić information content (AvgIpc) is 2.79. The van der Waals surface area contributed by atoms with E-state index in [4.69, 9.17) is 4.74 Å². The highest BCUT2D eigenvalue weighted by molar-refractivity contribution is 5.43. The molecular weight excluding hydrogens is 224 g/mol. The summed E-state index contributed by atoms with van der Waals surface area (Å²) in [7, 11) is 0. The van der Waals surface area contributed by atoms with E-state index in [1.165, 1.54) is 38.0 Å². The normalized spacial score (nSPS) is 41.3. The largest absolute Gasteiger partial charge is 0.484 e. The second-order valence-electron chi connectivity index (χ2n) is 5.91. The molecule has 2 bridgehead atoms. The Bertz CT molecular complexity index is 443. The molecule has 5 aliphatic heterocycles. The van der Waals surface area contributed by atoms with E-state index in [9.17, 15) is 0 Å². The summed E-state index contributed by atoms with van der Waals surface area (Å²) in [4.78, 5) is 4.99. The van der Waals surface area contributed by atoms with Gasteiger partial charge in [-0.15, -0.1) is 0 Å². The molecular formula is C15H20N2O. The minimum atomic E-state index is 0.224. The maximum Gasteiger partial charge on any atom is 0.143 e. The Labute approximate surface area is 108 Å². The van der Waals surface area contributed by atoms with Crippen LogP contribution in [-0.4, -0.2) is 41.6 Å². The van der Waals surface area contributed by atoms with Crippen LogP contribution in [0.3, 0.4) is 0 Å². The van der Waals surface area contributed by atoms with E-state index in [2.05, 4.69) is 41.3 Å². The highest BCUT2D eigenvalue weighted by Gasteiger charge is 2.37. The van der Waals surface area contributed by atoms with Gasteiger partial charge in [0.15, 0.2) is 0 Å². The topological polar surface area (TPSA) is 15.7 Å². The SMILES string of the molecule is CC1C=C2C=CN([C@@H]3CN4CCC3CC4)C=C2O1. The van der Waals surface area contributed by atoms with Crippen LogP contribution in [0.4, 0.5) is 0 Å². The van der Waals surface area contributed by atoms with Gasteiger partial charge in [-0.1, -0.05) is 0 Å². The summed E-state index contributed by atoms with van der Waals surface area (Å²) in [6, 6.07) is 0.650. The van der Waals surface area contributed by atoms with Crippen LogP contribution < -0.4 is 0 Å². The monoisotopic (exact) mass is 244 g/mol. The lowest BCUT2D eigenvalue weighted by atomic mass is 9.83. The van der Waals surface area contributed by atoms with Gasteiger partial charge in [-0.25, -0.2) is 0 Å². The van der Waals surface area contributed by atoms with Gasteiger partial charge in [0.05, 0.1) is 0 Å². The molecule has 0 aromatic carbocycles. The molecule has 0 N–H and O–H groups in total. The van der Waals surface area contributed by atoms with Crippen molar-refractivity contribution in [1.82, 2.24) is 9.80 Å². The summed E-state index contributed by atoms with van der Waals surface area (Å²) in [5, 5.41) is 0. The molecule has 0 aliphatic carbocycles. The van der Waals surface area contributed by atoms with Crippen LogP contribution in [-0.2, 0) is 4.74 Å². The van der Waals surface area contributed by atoms with Crippen LogP contribution in [0, 0.1) is 5.92 Å². The molecule has 5 aliphatic rings. The van der Waals surface area contributed by atoms with E-state index in [1.807, 2.05) is 0 Å². The van der Waals surface area contributed by atoms with E-state index in [-0.39, 0.29) is 6.10 Å². The first-order chi connectivity index (χ1) is 8.79. The molecule has 5 rings (SSSR count). The van der Waals surface area contributed by atoms with E-state index >= 15 is 0 Å². The molecule has 0 aromatic rings. The summed E-state index contributed by atoms with van der Waals surface area (Å²) in [6.45, 7) is 5.91. The first kappa shape index (κ1) is 10.7. The number of hydrogen-bond donors (Lipinski definition) is 0. The summed E-state index contributed by atoms with van der Waals surface area (Å²) in [5.41, 5.74) is 1.25. The maximum atomic E-state index is 5.83. The van der Waals surface area contributed by atoms with Gasteiger partial charge < -0.3 is 14.5 Å². The lowest BCUT2D eigenvalue weighted by Crippen LogP contribution is -2.55. The fourth-order valence-electron chi connectivity index (χ4n) is 3.70. The van der Waals surface area contributed by atoms with Crippen LogP contribution in [0.1, 0.15) is 19.8 Å². The molecule has 0 aromatic heterocycles. The zero-order valence-corrected chi connectivity index (χ0v) is 10.9. The highest BCUT2D eigenvalue weighted by Crippen LogP contribution is 2.35. The number of rotatable bonds is 1. The van der Waals surface area contributed by atoms with E-state index in [0.29, 0.717) is 6.04 Å². The molecule has 18 heavy (non-hydrogen) atoms. The Balaban J connectivity index is 1.57. The number of ether oxygens (including phenoxy) is 1. The van der Waals surface area contributed by atoms with Crippen molar-refractivity contribution in [3.63, 3.8) is 0 Å². The fourth-order valence-corrected chi connectivity index (χ4v) is 3.70. The van der Waals surface area contributed by atoms with Crippen LogP contribution in [0.5, 0.6) is 0 Å². The molecule has 3 heteroatoms. The number of nitrogens with zero attached hydrogens (tertiary/aromatic N) is 2. The first-order valence-electron chi connectivity index (χ1n) is 7.08. The van der Waals surface area contributed by atoms with Crippen molar-refractivity contribution in [2.24, 2.45) is 5.92 Å². The van der Waals surface area contributed by atoms with Crippen LogP contribution >= 0.6 is 0 Å². The van der Waals surface area contributed by atoms with Gasteiger partial charge in [0, 0.05) is 30.6 Å². The van der Waals surface area contributed by atoms with Crippen molar-refractivity contribution in [2.45, 2.75) is 31.9 Å². The molecule has 2 atom stereocenters. The van der Waals surface area contributed by atoms with Crippen molar-refractivity contribution in [2.75, 3.05) is 19.6 Å². The third-order valence-electron chi connectivity index (χ3n) is 4.71. The lowest BCUT2D eigenvalue weighted by Gasteiger charge is -2.48. The molecule has 3 fully saturated rings. The van der Waals surface area contributed by atoms with E-state index in [1.54, 1.807) is 0 Å². The third kappa shape index (κ3) is 1.61. The third-order valence-corrected chi connectivity index (χ3v) is 4.71. The molecule has 3 nitrogen and oxygen atoms in total. The van der Waals surface area contributed by atoms with Gasteiger partial charge in [-0.3, -0.25) is 0 Å². The van der Waals surface area contributed by atoms with Crippen LogP contribution in [0.15, 0.2) is 35.9 Å². The van der Waals surface area contributed by atoms with Crippen molar-refractivity contribution in [3.8, 4) is 0 Å². The number of allylic oxidation sites excluding steroid dienone is 1. The predicted molar refractivity (Wildman–Crippen MR) is 70.6 cm³/mol. The molecule has 0 spiro atoms. The second-order valence-corrected chi connectivity index (χ2v) is 5.91. The molecule has 0 amide bonds. The zero-order valence-electron chi connectivity index (χ0n) is 10.9. The molecule has 3 saturated heterocycles. The van der Waals surface area contributed by atoms with Gasteiger partial charge in [-0.2, -0.15) is 0 Å². The molecule has 5 heterocycles. The van der Waals surface area contributed by atoms with Gasteiger partial charge in [0.2, 0.25) is 0 Å². The standard InChI is InChI=1S/C15H20N2O/c1-11-8-13-4-7-17(10-15(13)18-11)14-9-16-5-2-12(14)3-6-16/h4,7-8,10-12,14H,2-3,5-6,9H2,1H3/t11?,14-/m1/s1. The smallest absolute Gasteiger partial charge is 0.143 e. The maximum absolute atomic E-state index is 5.83. The second kappa shape index (κ2) is 3.89. The van der Waals surface area contributed by atoms with Gasteiger partial charge >= 0.3 is 0 Å². The average molecular weight is 244 g/mol. The number of fused-ring (bicyclic) bond motifs is 4. The van der Waals surface area contributed by atoms with Gasteiger partial charge in [0.1, 0.15) is 11.9 Å². The summed E-state index contributed by atoms with van der Waals surface area (Å²) >= 11 is 0. The Morgan fingerprint density at radius 3 is 2.83 bits per heavy atom. The van der Waals surface area contributed by atoms with Crippen molar-refractivity contribution in [1.29, 1.82) is 0 Å². The number of hydrogen-bond acceptors (Lipinski definition) is 3. The highest BCUT2D eigenvalue weighted by atomic mass is 16.5. The Hall–Kier alpha value is -1.22. The summed E-state index contributed by atoms with van der Waals surface area (Å²) < 4.78 is 5.83. The van der Waals surface area contributed by atoms with Crippen molar-refractivity contribution < 1.29 is 4.74 Å².